The summed E-state index contributed by atoms with van der Waals surface area (Å²) in [5.41, 5.74) is 5.44. The van der Waals surface area contributed by atoms with Crippen LogP contribution in [0.4, 0.5) is 5.95 Å². The smallest absolute Gasteiger partial charge is 0.282 e. The predicted molar refractivity (Wildman–Crippen MR) is 70.2 cm³/mol. The quantitative estimate of drug-likeness (QED) is 0.468. The molecular formula is C11H15N5O5. The van der Waals surface area contributed by atoms with E-state index < -0.39 is 36.7 Å². The van der Waals surface area contributed by atoms with Crippen molar-refractivity contribution in [3.63, 3.8) is 0 Å². The zero-order chi connectivity index (χ0) is 15.3. The number of hydrogen-bond acceptors (Lipinski definition) is 8. The molecule has 114 valence electrons. The Kier molecular flexibility index (Phi) is 3.17. The van der Waals surface area contributed by atoms with Gasteiger partial charge < -0.3 is 25.8 Å². The highest BCUT2D eigenvalue weighted by Crippen LogP contribution is 2.30. The van der Waals surface area contributed by atoms with Crippen molar-refractivity contribution >= 4 is 17.1 Å². The normalized spacial score (nSPS) is 29.3. The lowest BCUT2D eigenvalue weighted by molar-refractivity contribution is -0.0511. The molecule has 0 amide bonds. The molecule has 0 bridgehead atoms. The molecule has 0 spiro atoms. The van der Waals surface area contributed by atoms with E-state index in [4.69, 9.17) is 15.6 Å². The molecule has 1 fully saturated rings. The molecule has 1 saturated heterocycles. The number of hydrogen-bond donors (Lipinski definition) is 4. The van der Waals surface area contributed by atoms with E-state index >= 15 is 0 Å². The SMILES string of the molecule is Cn1c(N)nc2c(ncn2[C@@H]2O[C@H](CO)[C@H](O)[C@@H]2O)c1=O. The van der Waals surface area contributed by atoms with Crippen molar-refractivity contribution in [2.75, 3.05) is 12.3 Å². The van der Waals surface area contributed by atoms with Crippen LogP contribution in [0.2, 0.25) is 0 Å². The number of nitrogens with two attached hydrogens (primary N) is 1. The van der Waals surface area contributed by atoms with Crippen molar-refractivity contribution in [1.29, 1.82) is 0 Å². The molecule has 0 aromatic carbocycles. The van der Waals surface area contributed by atoms with Gasteiger partial charge in [-0.15, -0.1) is 0 Å². The summed E-state index contributed by atoms with van der Waals surface area (Å²) in [5, 5.41) is 28.9. The molecule has 2 aromatic rings. The lowest BCUT2D eigenvalue weighted by atomic mass is 10.1. The maximum atomic E-state index is 12.0. The molecular weight excluding hydrogens is 282 g/mol. The fourth-order valence-corrected chi connectivity index (χ4v) is 2.36. The second-order valence-electron chi connectivity index (χ2n) is 4.89. The largest absolute Gasteiger partial charge is 0.394 e. The minimum Gasteiger partial charge on any atom is -0.394 e. The van der Waals surface area contributed by atoms with Gasteiger partial charge in [0, 0.05) is 7.05 Å². The summed E-state index contributed by atoms with van der Waals surface area (Å²) >= 11 is 0. The molecule has 2 aromatic heterocycles. The average molecular weight is 297 g/mol. The maximum Gasteiger partial charge on any atom is 0.282 e. The Morgan fingerprint density at radius 1 is 1.43 bits per heavy atom. The Morgan fingerprint density at radius 3 is 2.76 bits per heavy atom. The van der Waals surface area contributed by atoms with Crippen LogP contribution in [0.15, 0.2) is 11.1 Å². The molecule has 0 aliphatic carbocycles. The highest BCUT2D eigenvalue weighted by molar-refractivity contribution is 5.71. The number of ether oxygens (including phenoxy) is 1. The van der Waals surface area contributed by atoms with Crippen molar-refractivity contribution in [2.24, 2.45) is 7.05 Å². The van der Waals surface area contributed by atoms with E-state index in [1.807, 2.05) is 0 Å². The molecule has 3 heterocycles. The van der Waals surface area contributed by atoms with Gasteiger partial charge in [-0.1, -0.05) is 0 Å². The third-order valence-electron chi connectivity index (χ3n) is 3.63. The van der Waals surface area contributed by atoms with E-state index in [2.05, 4.69) is 9.97 Å². The van der Waals surface area contributed by atoms with Crippen molar-refractivity contribution in [3.8, 4) is 0 Å². The van der Waals surface area contributed by atoms with Crippen LogP contribution >= 0.6 is 0 Å². The first-order chi connectivity index (χ1) is 9.95. The van der Waals surface area contributed by atoms with Gasteiger partial charge in [0.2, 0.25) is 5.95 Å². The van der Waals surface area contributed by atoms with Crippen molar-refractivity contribution < 1.29 is 20.1 Å². The van der Waals surface area contributed by atoms with Crippen molar-refractivity contribution in [1.82, 2.24) is 19.1 Å². The van der Waals surface area contributed by atoms with Gasteiger partial charge in [-0.3, -0.25) is 13.9 Å². The molecule has 0 unspecified atom stereocenters. The molecule has 1 aliphatic rings. The van der Waals surface area contributed by atoms with Crippen LogP contribution in [-0.4, -0.2) is 59.3 Å². The van der Waals surface area contributed by atoms with Gasteiger partial charge >= 0.3 is 0 Å². The molecule has 0 saturated carbocycles. The molecule has 4 atom stereocenters. The predicted octanol–water partition coefficient (Wildman–Crippen LogP) is -2.68. The number of anilines is 1. The van der Waals surface area contributed by atoms with Gasteiger partial charge in [0.1, 0.15) is 18.3 Å². The summed E-state index contributed by atoms with van der Waals surface area (Å²) in [6.45, 7) is -0.446. The maximum absolute atomic E-state index is 12.0. The number of aliphatic hydroxyl groups is 3. The van der Waals surface area contributed by atoms with Crippen LogP contribution in [0, 0.1) is 0 Å². The van der Waals surface area contributed by atoms with Gasteiger partial charge in [-0.25, -0.2) is 4.98 Å². The van der Waals surface area contributed by atoms with Crippen LogP contribution in [-0.2, 0) is 11.8 Å². The first-order valence-electron chi connectivity index (χ1n) is 6.27. The third kappa shape index (κ3) is 1.92. The minimum atomic E-state index is -1.29. The Hall–Kier alpha value is -2.01. The lowest BCUT2D eigenvalue weighted by Gasteiger charge is -2.16. The van der Waals surface area contributed by atoms with Crippen molar-refractivity contribution in [3.05, 3.63) is 16.7 Å². The molecule has 21 heavy (non-hydrogen) atoms. The lowest BCUT2D eigenvalue weighted by Crippen LogP contribution is -2.33. The monoisotopic (exact) mass is 297 g/mol. The zero-order valence-corrected chi connectivity index (χ0v) is 11.1. The van der Waals surface area contributed by atoms with Crippen LogP contribution in [0.25, 0.3) is 11.2 Å². The molecule has 1 aliphatic heterocycles. The average Bonchev–Trinajstić information content (AvgIpc) is 2.99. The highest BCUT2D eigenvalue weighted by Gasteiger charge is 2.44. The van der Waals surface area contributed by atoms with Crippen LogP contribution in [0.3, 0.4) is 0 Å². The molecule has 5 N–H and O–H groups in total. The molecule has 10 heteroatoms. The Balaban J connectivity index is 2.12. The number of nitrogens with zero attached hydrogens (tertiary/aromatic N) is 4. The van der Waals surface area contributed by atoms with Crippen LogP contribution in [0.1, 0.15) is 6.23 Å². The molecule has 3 rings (SSSR count). The van der Waals surface area contributed by atoms with E-state index in [9.17, 15) is 15.0 Å². The van der Waals surface area contributed by atoms with Crippen LogP contribution in [0.5, 0.6) is 0 Å². The molecule has 10 nitrogen and oxygen atoms in total. The van der Waals surface area contributed by atoms with E-state index in [1.165, 1.54) is 17.9 Å². The third-order valence-corrected chi connectivity index (χ3v) is 3.63. The summed E-state index contributed by atoms with van der Waals surface area (Å²) in [5.74, 6) is -0.0130. The number of rotatable bonds is 2. The Bertz CT molecular complexity index is 740. The number of aliphatic hydroxyl groups excluding tert-OH is 3. The van der Waals surface area contributed by atoms with Gasteiger partial charge in [0.05, 0.1) is 12.9 Å². The van der Waals surface area contributed by atoms with E-state index in [1.54, 1.807) is 0 Å². The molecule has 0 radical (unpaired) electrons. The number of aromatic nitrogens is 4. The highest BCUT2D eigenvalue weighted by atomic mass is 16.6. The summed E-state index contributed by atoms with van der Waals surface area (Å²) in [7, 11) is 1.47. The second-order valence-corrected chi connectivity index (χ2v) is 4.89. The van der Waals surface area contributed by atoms with E-state index in [-0.39, 0.29) is 17.1 Å². The number of nitrogen functional groups attached to an aromatic ring is 1. The standard InChI is InChI=1S/C11H15N5O5/c1-15-9(20)5-8(14-11(15)12)16(3-13-5)10-7(19)6(18)4(2-17)21-10/h3-4,6-7,10,17-19H,2H2,1H3,(H2,12,14)/t4-,6+,7+,10-/m1/s1. The summed E-state index contributed by atoms with van der Waals surface area (Å²) < 4.78 is 7.85. The fraction of sp³-hybridized carbons (Fsp3) is 0.545. The first kappa shape index (κ1) is 13.9. The van der Waals surface area contributed by atoms with Gasteiger partial charge in [0.25, 0.3) is 5.56 Å². The zero-order valence-electron chi connectivity index (χ0n) is 11.1. The summed E-state index contributed by atoms with van der Waals surface area (Å²) in [6, 6.07) is 0. The van der Waals surface area contributed by atoms with Crippen molar-refractivity contribution in [2.45, 2.75) is 24.5 Å². The summed E-state index contributed by atoms with van der Waals surface area (Å²) in [6.07, 6.45) is -3.20. The van der Waals surface area contributed by atoms with Gasteiger partial charge in [-0.2, -0.15) is 4.98 Å². The topological polar surface area (TPSA) is 149 Å². The number of fused-ring (bicyclic) bond motifs is 1. The first-order valence-corrected chi connectivity index (χ1v) is 6.27. The van der Waals surface area contributed by atoms with Gasteiger partial charge in [0.15, 0.2) is 17.4 Å². The summed E-state index contributed by atoms with van der Waals surface area (Å²) in [4.78, 5) is 20.0. The van der Waals surface area contributed by atoms with Crippen LogP contribution < -0.4 is 11.3 Å². The Labute approximate surface area is 118 Å². The fourth-order valence-electron chi connectivity index (χ4n) is 2.36. The van der Waals surface area contributed by atoms with E-state index in [0.29, 0.717) is 0 Å². The second kappa shape index (κ2) is 4.77. The Morgan fingerprint density at radius 2 is 2.14 bits per heavy atom. The van der Waals surface area contributed by atoms with E-state index in [0.717, 1.165) is 4.57 Å². The van der Waals surface area contributed by atoms with Gasteiger partial charge in [-0.05, 0) is 0 Å². The number of imidazole rings is 1. The minimum absolute atomic E-state index is 0.0130.